The normalized spacial score (nSPS) is 17.4. The number of rotatable bonds is 4. The van der Waals surface area contributed by atoms with E-state index in [1.807, 2.05) is 0 Å². The fourth-order valence-corrected chi connectivity index (χ4v) is 3.28. The minimum atomic E-state index is -0.562. The molecule has 1 fully saturated rings. The van der Waals surface area contributed by atoms with Crippen molar-refractivity contribution in [3.05, 3.63) is 16.3 Å². The maximum atomic E-state index is 12.4. The van der Waals surface area contributed by atoms with E-state index in [2.05, 4.69) is 15.4 Å². The molecule has 0 aromatic carbocycles. The first kappa shape index (κ1) is 17.1. The monoisotopic (exact) mass is 340 g/mol. The summed E-state index contributed by atoms with van der Waals surface area (Å²) in [7, 11) is 1.30. The van der Waals surface area contributed by atoms with Gasteiger partial charge in [0.25, 0.3) is 0 Å². The van der Waals surface area contributed by atoms with Crippen LogP contribution in [0.1, 0.15) is 22.5 Å². The van der Waals surface area contributed by atoms with Crippen molar-refractivity contribution in [2.45, 2.75) is 12.8 Å². The molecule has 0 radical (unpaired) electrons. The number of hydrogen-bond donors (Lipinski definition) is 3. The first-order valence-corrected chi connectivity index (χ1v) is 8.14. The Hall–Kier alpha value is -2.29. The van der Waals surface area contributed by atoms with Gasteiger partial charge in [0.05, 0.1) is 12.8 Å². The van der Waals surface area contributed by atoms with Gasteiger partial charge in [0.1, 0.15) is 4.88 Å². The summed E-state index contributed by atoms with van der Waals surface area (Å²) in [4.78, 5) is 36.8. The van der Waals surface area contributed by atoms with Crippen molar-refractivity contribution in [3.8, 4) is 0 Å². The highest BCUT2D eigenvalue weighted by Crippen LogP contribution is 2.24. The summed E-state index contributed by atoms with van der Waals surface area (Å²) in [5.74, 6) is -0.304. The van der Waals surface area contributed by atoms with Crippen LogP contribution in [0.15, 0.2) is 11.4 Å². The highest BCUT2D eigenvalue weighted by atomic mass is 32.1. The molecule has 1 aliphatic heterocycles. The van der Waals surface area contributed by atoms with Crippen LogP contribution in [0.5, 0.6) is 0 Å². The number of carbonyl (C=O) groups is 3. The Bertz CT molecular complexity index is 589. The molecule has 1 aromatic rings. The lowest BCUT2D eigenvalue weighted by atomic mass is 9.98. The van der Waals surface area contributed by atoms with Gasteiger partial charge in [0.15, 0.2) is 0 Å². The lowest BCUT2D eigenvalue weighted by molar-refractivity contribution is 0.0607. The number of likely N-dealkylation sites (tertiary alicyclic amines) is 1. The van der Waals surface area contributed by atoms with Crippen molar-refractivity contribution in [2.24, 2.45) is 11.7 Å². The highest BCUT2D eigenvalue weighted by Gasteiger charge is 2.25. The number of nitrogens with two attached hydrogens (primary N) is 1. The van der Waals surface area contributed by atoms with E-state index in [-0.39, 0.29) is 11.9 Å². The third-order valence-electron chi connectivity index (χ3n) is 3.65. The van der Waals surface area contributed by atoms with Gasteiger partial charge in [-0.15, -0.1) is 11.3 Å². The minimum Gasteiger partial charge on any atom is -0.465 e. The predicted octanol–water partition coefficient (Wildman–Crippen LogP) is 1.45. The van der Waals surface area contributed by atoms with E-state index in [1.54, 1.807) is 16.3 Å². The van der Waals surface area contributed by atoms with Crippen molar-refractivity contribution < 1.29 is 19.1 Å². The number of urea groups is 2. The maximum Gasteiger partial charge on any atom is 0.350 e. The van der Waals surface area contributed by atoms with Gasteiger partial charge in [0, 0.05) is 19.6 Å². The summed E-state index contributed by atoms with van der Waals surface area (Å²) in [5.41, 5.74) is 5.52. The zero-order chi connectivity index (χ0) is 16.8. The number of esters is 1. The smallest absolute Gasteiger partial charge is 0.350 e. The molecular weight excluding hydrogens is 320 g/mol. The molecule has 0 unspecified atom stereocenters. The number of nitrogens with one attached hydrogen (secondary N) is 2. The Morgan fingerprint density at radius 1 is 1.48 bits per heavy atom. The summed E-state index contributed by atoms with van der Waals surface area (Å²) in [6, 6.07) is 0.843. The number of amides is 4. The molecule has 126 valence electrons. The molecule has 1 saturated heterocycles. The zero-order valence-corrected chi connectivity index (χ0v) is 13.6. The standard InChI is InChI=1S/C14H20N4O4S/c1-22-12(19)11-10(4-6-23-11)17-14(21)18-5-2-3-9(8-18)7-16-13(15)20/h4,6,9H,2-3,5,7-8H2,1H3,(H,17,21)(H3,15,16,20)/t9-/m0/s1. The van der Waals surface area contributed by atoms with E-state index in [1.165, 1.54) is 18.4 Å². The second-order valence-electron chi connectivity index (χ2n) is 5.28. The first-order valence-electron chi connectivity index (χ1n) is 7.26. The van der Waals surface area contributed by atoms with Crippen LogP contribution in [-0.2, 0) is 4.74 Å². The van der Waals surface area contributed by atoms with Gasteiger partial charge in [0.2, 0.25) is 0 Å². The van der Waals surface area contributed by atoms with Gasteiger partial charge in [-0.1, -0.05) is 0 Å². The average Bonchev–Trinajstić information content (AvgIpc) is 3.00. The molecule has 23 heavy (non-hydrogen) atoms. The number of primary amides is 1. The average molecular weight is 340 g/mol. The Kier molecular flexibility index (Phi) is 5.80. The van der Waals surface area contributed by atoms with E-state index >= 15 is 0 Å². The Morgan fingerprint density at radius 3 is 2.96 bits per heavy atom. The summed E-state index contributed by atoms with van der Waals surface area (Å²) in [5, 5.41) is 7.04. The molecule has 0 spiro atoms. The van der Waals surface area contributed by atoms with Gasteiger partial charge in [-0.2, -0.15) is 0 Å². The van der Waals surface area contributed by atoms with E-state index in [0.717, 1.165) is 12.8 Å². The number of anilines is 1. The van der Waals surface area contributed by atoms with Gasteiger partial charge >= 0.3 is 18.0 Å². The van der Waals surface area contributed by atoms with Crippen LogP contribution in [0.2, 0.25) is 0 Å². The van der Waals surface area contributed by atoms with Crippen LogP contribution in [0.3, 0.4) is 0 Å². The van der Waals surface area contributed by atoms with Gasteiger partial charge in [-0.3, -0.25) is 0 Å². The molecule has 2 rings (SSSR count). The topological polar surface area (TPSA) is 114 Å². The van der Waals surface area contributed by atoms with Crippen molar-refractivity contribution in [3.63, 3.8) is 0 Å². The van der Waals surface area contributed by atoms with Crippen LogP contribution in [0.25, 0.3) is 0 Å². The molecule has 0 aliphatic carbocycles. The zero-order valence-electron chi connectivity index (χ0n) is 12.8. The van der Waals surface area contributed by atoms with Crippen molar-refractivity contribution in [1.29, 1.82) is 0 Å². The van der Waals surface area contributed by atoms with Crippen LogP contribution in [-0.4, -0.2) is 49.7 Å². The van der Waals surface area contributed by atoms with E-state index in [4.69, 9.17) is 5.73 Å². The number of methoxy groups -OCH3 is 1. The summed E-state index contributed by atoms with van der Waals surface area (Å²) < 4.78 is 4.69. The van der Waals surface area contributed by atoms with Crippen LogP contribution < -0.4 is 16.4 Å². The molecule has 1 aliphatic rings. The molecule has 2 heterocycles. The first-order chi connectivity index (χ1) is 11.0. The van der Waals surface area contributed by atoms with Crippen LogP contribution in [0.4, 0.5) is 15.3 Å². The molecule has 9 heteroatoms. The highest BCUT2D eigenvalue weighted by molar-refractivity contribution is 7.12. The molecule has 4 N–H and O–H groups in total. The van der Waals surface area contributed by atoms with Crippen LogP contribution in [0, 0.1) is 5.92 Å². The molecule has 0 bridgehead atoms. The Labute approximate surface area is 138 Å². The fourth-order valence-electron chi connectivity index (χ4n) is 2.51. The molecule has 1 aromatic heterocycles. The molecule has 0 saturated carbocycles. The van der Waals surface area contributed by atoms with Gasteiger partial charge < -0.3 is 26.0 Å². The van der Waals surface area contributed by atoms with Crippen molar-refractivity contribution >= 4 is 35.1 Å². The lowest BCUT2D eigenvalue weighted by Crippen LogP contribution is -2.46. The predicted molar refractivity (Wildman–Crippen MR) is 86.6 cm³/mol. The molecular formula is C14H20N4O4S. The van der Waals surface area contributed by atoms with E-state index in [0.29, 0.717) is 30.2 Å². The summed E-state index contributed by atoms with van der Waals surface area (Å²) in [6.45, 7) is 1.62. The van der Waals surface area contributed by atoms with Gasteiger partial charge in [-0.05, 0) is 30.2 Å². The Balaban J connectivity index is 1.94. The SMILES string of the molecule is COC(=O)c1sccc1NC(=O)N1CCC[C@@H](CNC(N)=O)C1. The largest absolute Gasteiger partial charge is 0.465 e. The number of thiophene rings is 1. The number of carbonyl (C=O) groups excluding carboxylic acids is 3. The lowest BCUT2D eigenvalue weighted by Gasteiger charge is -2.32. The Morgan fingerprint density at radius 2 is 2.26 bits per heavy atom. The van der Waals surface area contributed by atoms with Crippen molar-refractivity contribution in [2.75, 3.05) is 32.1 Å². The second kappa shape index (κ2) is 7.82. The summed E-state index contributed by atoms with van der Waals surface area (Å²) >= 11 is 1.21. The van der Waals surface area contributed by atoms with Crippen LogP contribution >= 0.6 is 11.3 Å². The minimum absolute atomic E-state index is 0.171. The number of nitrogens with zero attached hydrogens (tertiary/aromatic N) is 1. The fraction of sp³-hybridized carbons (Fsp3) is 0.500. The maximum absolute atomic E-state index is 12.4. The number of piperidine rings is 1. The van der Waals surface area contributed by atoms with Crippen molar-refractivity contribution in [1.82, 2.24) is 10.2 Å². The molecule has 1 atom stereocenters. The third kappa shape index (κ3) is 4.59. The number of ether oxygens (including phenoxy) is 1. The third-order valence-corrected chi connectivity index (χ3v) is 4.54. The van der Waals surface area contributed by atoms with Gasteiger partial charge in [-0.25, -0.2) is 14.4 Å². The quantitative estimate of drug-likeness (QED) is 0.720. The molecule has 4 amide bonds. The van der Waals surface area contributed by atoms with E-state index in [9.17, 15) is 14.4 Å². The number of hydrogen-bond acceptors (Lipinski definition) is 5. The van der Waals surface area contributed by atoms with E-state index < -0.39 is 12.0 Å². The second-order valence-corrected chi connectivity index (χ2v) is 6.20. The molecule has 8 nitrogen and oxygen atoms in total. The summed E-state index contributed by atoms with van der Waals surface area (Å²) in [6.07, 6.45) is 1.78.